The van der Waals surface area contributed by atoms with Crippen LogP contribution in [0.15, 0.2) is 29.2 Å². The fourth-order valence-electron chi connectivity index (χ4n) is 0.861. The molecule has 0 bridgehead atoms. The monoisotopic (exact) mass is 169 g/mol. The van der Waals surface area contributed by atoms with Gasteiger partial charge < -0.3 is 10.8 Å². The average Bonchev–Trinajstić information content (AvgIpc) is 2.03. The van der Waals surface area contributed by atoms with Crippen LogP contribution in [0.5, 0.6) is 0 Å². The van der Waals surface area contributed by atoms with Gasteiger partial charge in [0.15, 0.2) is 0 Å². The van der Waals surface area contributed by atoms with Crippen LogP contribution in [0.3, 0.4) is 0 Å². The molecule has 0 aliphatic heterocycles. The van der Waals surface area contributed by atoms with E-state index in [1.165, 1.54) is 0 Å². The van der Waals surface area contributed by atoms with E-state index in [0.717, 1.165) is 10.5 Å². The van der Waals surface area contributed by atoms with Gasteiger partial charge >= 0.3 is 0 Å². The highest BCUT2D eigenvalue weighted by molar-refractivity contribution is 7.80. The molecule has 11 heavy (non-hydrogen) atoms. The minimum atomic E-state index is -0.290. The predicted molar refractivity (Wildman–Crippen MR) is 47.7 cm³/mol. The summed E-state index contributed by atoms with van der Waals surface area (Å²) in [5.74, 6) is 0. The molecule has 3 heteroatoms. The van der Waals surface area contributed by atoms with Gasteiger partial charge in [0.1, 0.15) is 0 Å². The Morgan fingerprint density at radius 2 is 2.27 bits per heavy atom. The third-order valence-corrected chi connectivity index (χ3v) is 1.77. The molecule has 1 rings (SSSR count). The van der Waals surface area contributed by atoms with Crippen LogP contribution in [-0.2, 0) is 0 Å². The molecule has 2 nitrogen and oxygen atoms in total. The smallest absolute Gasteiger partial charge is 0.0624 e. The molecule has 60 valence electrons. The van der Waals surface area contributed by atoms with Crippen molar-refractivity contribution in [1.82, 2.24) is 0 Å². The van der Waals surface area contributed by atoms with Crippen LogP contribution in [0, 0.1) is 0 Å². The van der Waals surface area contributed by atoms with Gasteiger partial charge in [-0.2, -0.15) is 0 Å². The first-order valence-electron chi connectivity index (χ1n) is 3.39. The Morgan fingerprint density at radius 1 is 1.55 bits per heavy atom. The first-order chi connectivity index (χ1) is 5.24. The Balaban J connectivity index is 2.86. The molecule has 0 heterocycles. The van der Waals surface area contributed by atoms with Crippen LogP contribution in [0.4, 0.5) is 0 Å². The largest absolute Gasteiger partial charge is 0.394 e. The number of hydrogen-bond donors (Lipinski definition) is 3. The summed E-state index contributed by atoms with van der Waals surface area (Å²) in [4.78, 5) is 0.867. The Morgan fingerprint density at radius 3 is 2.82 bits per heavy atom. The lowest BCUT2D eigenvalue weighted by molar-refractivity contribution is 0.268. The predicted octanol–water partition coefficient (Wildman–Crippen LogP) is 0.967. The van der Waals surface area contributed by atoms with Crippen molar-refractivity contribution in [2.45, 2.75) is 10.9 Å². The molecule has 0 spiro atoms. The van der Waals surface area contributed by atoms with Crippen molar-refractivity contribution in [3.8, 4) is 0 Å². The van der Waals surface area contributed by atoms with E-state index in [0.29, 0.717) is 0 Å². The van der Waals surface area contributed by atoms with E-state index in [9.17, 15) is 0 Å². The molecule has 1 aromatic carbocycles. The maximum Gasteiger partial charge on any atom is 0.0624 e. The summed E-state index contributed by atoms with van der Waals surface area (Å²) in [6, 6.07) is 7.18. The minimum absolute atomic E-state index is 0.0305. The average molecular weight is 169 g/mol. The lowest BCUT2D eigenvalue weighted by Crippen LogP contribution is -2.14. The van der Waals surface area contributed by atoms with E-state index in [-0.39, 0.29) is 12.6 Å². The zero-order valence-electron chi connectivity index (χ0n) is 6.07. The zero-order valence-corrected chi connectivity index (χ0v) is 6.96. The van der Waals surface area contributed by atoms with Crippen LogP contribution in [0.2, 0.25) is 0 Å². The number of thiol groups is 1. The van der Waals surface area contributed by atoms with Crippen LogP contribution < -0.4 is 5.73 Å². The molecule has 1 atom stereocenters. The maximum absolute atomic E-state index is 8.73. The van der Waals surface area contributed by atoms with Crippen molar-refractivity contribution < 1.29 is 5.11 Å². The summed E-state index contributed by atoms with van der Waals surface area (Å²) in [5, 5.41) is 8.73. The van der Waals surface area contributed by atoms with Gasteiger partial charge in [0.05, 0.1) is 12.6 Å². The SMILES string of the molecule is N[C@@H](CO)c1cccc(S)c1. The molecule has 0 radical (unpaired) electrons. The highest BCUT2D eigenvalue weighted by atomic mass is 32.1. The van der Waals surface area contributed by atoms with E-state index in [2.05, 4.69) is 12.6 Å². The number of hydrogen-bond acceptors (Lipinski definition) is 3. The number of rotatable bonds is 2. The second-order valence-corrected chi connectivity index (χ2v) is 2.90. The highest BCUT2D eigenvalue weighted by Crippen LogP contribution is 2.13. The summed E-state index contributed by atoms with van der Waals surface area (Å²) in [7, 11) is 0. The van der Waals surface area contributed by atoms with Crippen molar-refractivity contribution in [2.75, 3.05) is 6.61 Å². The van der Waals surface area contributed by atoms with Crippen molar-refractivity contribution in [3.05, 3.63) is 29.8 Å². The molecular weight excluding hydrogens is 158 g/mol. The highest BCUT2D eigenvalue weighted by Gasteiger charge is 2.02. The molecule has 0 saturated heterocycles. The topological polar surface area (TPSA) is 46.2 Å². The van der Waals surface area contributed by atoms with Crippen molar-refractivity contribution in [1.29, 1.82) is 0 Å². The number of benzene rings is 1. The molecule has 3 N–H and O–H groups in total. The summed E-state index contributed by atoms with van der Waals surface area (Å²) in [6.07, 6.45) is 0. The summed E-state index contributed by atoms with van der Waals surface area (Å²) < 4.78 is 0. The van der Waals surface area contributed by atoms with Gasteiger partial charge in [-0.1, -0.05) is 12.1 Å². The molecule has 0 aliphatic carbocycles. The molecule has 0 unspecified atom stereocenters. The Bertz CT molecular complexity index is 239. The van der Waals surface area contributed by atoms with E-state index >= 15 is 0 Å². The minimum Gasteiger partial charge on any atom is -0.394 e. The third kappa shape index (κ3) is 2.22. The van der Waals surface area contributed by atoms with Gasteiger partial charge in [0, 0.05) is 4.90 Å². The van der Waals surface area contributed by atoms with Crippen LogP contribution in [-0.4, -0.2) is 11.7 Å². The normalized spacial score (nSPS) is 13.0. The summed E-state index contributed by atoms with van der Waals surface area (Å²) >= 11 is 4.15. The maximum atomic E-state index is 8.73. The molecular formula is C8H11NOS. The van der Waals surface area contributed by atoms with E-state index < -0.39 is 0 Å². The van der Waals surface area contributed by atoms with Crippen LogP contribution in [0.25, 0.3) is 0 Å². The lowest BCUT2D eigenvalue weighted by atomic mass is 10.1. The van der Waals surface area contributed by atoms with Gasteiger partial charge in [-0.15, -0.1) is 12.6 Å². The van der Waals surface area contributed by atoms with Crippen molar-refractivity contribution >= 4 is 12.6 Å². The number of aliphatic hydroxyl groups is 1. The molecule has 1 aromatic rings. The van der Waals surface area contributed by atoms with E-state index in [1.54, 1.807) is 0 Å². The second kappa shape index (κ2) is 3.76. The van der Waals surface area contributed by atoms with Crippen molar-refractivity contribution in [2.24, 2.45) is 5.73 Å². The quantitative estimate of drug-likeness (QED) is 0.578. The van der Waals surface area contributed by atoms with Gasteiger partial charge in [0.2, 0.25) is 0 Å². The number of nitrogens with two attached hydrogens (primary N) is 1. The third-order valence-electron chi connectivity index (χ3n) is 1.50. The zero-order chi connectivity index (χ0) is 8.27. The Labute approximate surface area is 71.5 Å². The molecule has 0 aromatic heterocycles. The van der Waals surface area contributed by atoms with Gasteiger partial charge in [-0.25, -0.2) is 0 Å². The first-order valence-corrected chi connectivity index (χ1v) is 3.84. The molecule has 0 saturated carbocycles. The lowest BCUT2D eigenvalue weighted by Gasteiger charge is -2.07. The van der Waals surface area contributed by atoms with Crippen molar-refractivity contribution in [3.63, 3.8) is 0 Å². The van der Waals surface area contributed by atoms with E-state index in [1.807, 2.05) is 24.3 Å². The Kier molecular flexibility index (Phi) is 2.93. The van der Waals surface area contributed by atoms with Gasteiger partial charge in [-0.3, -0.25) is 0 Å². The summed E-state index contributed by atoms with van der Waals surface area (Å²) in [5.41, 5.74) is 6.50. The molecule has 0 aliphatic rings. The van der Waals surface area contributed by atoms with Gasteiger partial charge in [-0.05, 0) is 17.7 Å². The Hall–Kier alpha value is -0.510. The van der Waals surface area contributed by atoms with Gasteiger partial charge in [0.25, 0.3) is 0 Å². The second-order valence-electron chi connectivity index (χ2n) is 2.38. The number of aliphatic hydroxyl groups excluding tert-OH is 1. The van der Waals surface area contributed by atoms with Crippen LogP contribution in [0.1, 0.15) is 11.6 Å². The van der Waals surface area contributed by atoms with Crippen LogP contribution >= 0.6 is 12.6 Å². The first kappa shape index (κ1) is 8.59. The fraction of sp³-hybridized carbons (Fsp3) is 0.250. The van der Waals surface area contributed by atoms with E-state index in [4.69, 9.17) is 10.8 Å². The standard InChI is InChI=1S/C8H11NOS/c9-8(5-10)6-2-1-3-7(11)4-6/h1-4,8,10-11H,5,9H2/t8-/m0/s1. The fourth-order valence-corrected chi connectivity index (χ4v) is 1.10. The summed E-state index contributed by atoms with van der Waals surface area (Å²) in [6.45, 7) is -0.0305. The molecule has 0 fully saturated rings. The molecule has 0 amide bonds.